The number of rotatable bonds is 1. The zero-order valence-corrected chi connectivity index (χ0v) is 8.56. The summed E-state index contributed by atoms with van der Waals surface area (Å²) in [4.78, 5) is 6.41. The van der Waals surface area contributed by atoms with Crippen LogP contribution in [0.15, 0.2) is 18.3 Å². The topological polar surface area (TPSA) is 65.9 Å². The van der Waals surface area contributed by atoms with Crippen LogP contribution in [0, 0.1) is 11.3 Å². The minimum atomic E-state index is 0.228. The molecule has 2 heterocycles. The van der Waals surface area contributed by atoms with E-state index in [1.807, 2.05) is 6.07 Å². The highest BCUT2D eigenvalue weighted by atomic mass is 15.2. The minimum absolute atomic E-state index is 0.228. The number of aromatic nitrogens is 1. The first kappa shape index (κ1) is 9.94. The molecule has 2 rings (SSSR count). The highest BCUT2D eigenvalue weighted by Gasteiger charge is 2.17. The van der Waals surface area contributed by atoms with Gasteiger partial charge in [-0.15, -0.1) is 0 Å². The maximum atomic E-state index is 8.79. The van der Waals surface area contributed by atoms with Crippen LogP contribution in [-0.2, 0) is 0 Å². The van der Waals surface area contributed by atoms with Gasteiger partial charge >= 0.3 is 0 Å². The van der Waals surface area contributed by atoms with E-state index in [-0.39, 0.29) is 6.04 Å². The van der Waals surface area contributed by atoms with E-state index in [2.05, 4.69) is 16.0 Å². The van der Waals surface area contributed by atoms with Crippen molar-refractivity contribution in [3.05, 3.63) is 23.9 Å². The summed E-state index contributed by atoms with van der Waals surface area (Å²) in [5.41, 5.74) is 6.55. The fraction of sp³-hybridized carbons (Fsp3) is 0.455. The first-order valence-corrected chi connectivity index (χ1v) is 5.16. The van der Waals surface area contributed by atoms with Crippen molar-refractivity contribution in [2.75, 3.05) is 18.0 Å². The van der Waals surface area contributed by atoms with Crippen molar-refractivity contribution < 1.29 is 0 Å². The van der Waals surface area contributed by atoms with Crippen molar-refractivity contribution in [3.8, 4) is 6.07 Å². The van der Waals surface area contributed by atoms with E-state index in [9.17, 15) is 0 Å². The average Bonchev–Trinajstić information content (AvgIpc) is 2.29. The Morgan fingerprint density at radius 1 is 1.60 bits per heavy atom. The zero-order valence-electron chi connectivity index (χ0n) is 8.56. The van der Waals surface area contributed by atoms with Crippen LogP contribution < -0.4 is 10.6 Å². The van der Waals surface area contributed by atoms with Crippen molar-refractivity contribution in [2.45, 2.75) is 18.9 Å². The average molecular weight is 202 g/mol. The molecule has 2 N–H and O–H groups in total. The van der Waals surface area contributed by atoms with Gasteiger partial charge in [0.05, 0.1) is 11.6 Å². The lowest BCUT2D eigenvalue weighted by molar-refractivity contribution is 0.503. The fourth-order valence-corrected chi connectivity index (χ4v) is 1.88. The van der Waals surface area contributed by atoms with E-state index < -0.39 is 0 Å². The standard InChI is InChI=1S/C11H14N4/c12-7-9-3-4-14-11(6-9)15-5-1-2-10(13)8-15/h3-4,6,10H,1-2,5,8,13H2. The van der Waals surface area contributed by atoms with Gasteiger partial charge in [0.1, 0.15) is 5.82 Å². The molecule has 1 aliphatic heterocycles. The van der Waals surface area contributed by atoms with Gasteiger partial charge in [-0.25, -0.2) is 4.98 Å². The predicted molar refractivity (Wildman–Crippen MR) is 58.4 cm³/mol. The maximum absolute atomic E-state index is 8.79. The SMILES string of the molecule is N#Cc1ccnc(N2CCCC(N)C2)c1. The summed E-state index contributed by atoms with van der Waals surface area (Å²) >= 11 is 0. The van der Waals surface area contributed by atoms with Gasteiger partial charge in [-0.3, -0.25) is 0 Å². The van der Waals surface area contributed by atoms with Gasteiger partial charge in [-0.05, 0) is 25.0 Å². The number of nitrogens with zero attached hydrogens (tertiary/aromatic N) is 3. The van der Waals surface area contributed by atoms with E-state index in [1.54, 1.807) is 12.3 Å². The van der Waals surface area contributed by atoms with Gasteiger partial charge < -0.3 is 10.6 Å². The van der Waals surface area contributed by atoms with Gasteiger partial charge in [0, 0.05) is 25.3 Å². The maximum Gasteiger partial charge on any atom is 0.129 e. The predicted octanol–water partition coefficient (Wildman–Crippen LogP) is 0.881. The Hall–Kier alpha value is -1.60. The van der Waals surface area contributed by atoms with Gasteiger partial charge in [0.2, 0.25) is 0 Å². The van der Waals surface area contributed by atoms with Gasteiger partial charge in [-0.2, -0.15) is 5.26 Å². The van der Waals surface area contributed by atoms with E-state index in [4.69, 9.17) is 11.0 Å². The number of hydrogen-bond donors (Lipinski definition) is 1. The highest BCUT2D eigenvalue weighted by Crippen LogP contribution is 2.17. The molecule has 1 saturated heterocycles. The lowest BCUT2D eigenvalue weighted by Gasteiger charge is -2.31. The minimum Gasteiger partial charge on any atom is -0.355 e. The van der Waals surface area contributed by atoms with Gasteiger partial charge in [-0.1, -0.05) is 0 Å². The smallest absolute Gasteiger partial charge is 0.129 e. The quantitative estimate of drug-likeness (QED) is 0.734. The van der Waals surface area contributed by atoms with Crippen molar-refractivity contribution >= 4 is 5.82 Å². The fourth-order valence-electron chi connectivity index (χ4n) is 1.88. The third-order valence-corrected chi connectivity index (χ3v) is 2.66. The lowest BCUT2D eigenvalue weighted by atomic mass is 10.1. The summed E-state index contributed by atoms with van der Waals surface area (Å²) in [5, 5.41) is 8.79. The molecule has 1 atom stereocenters. The highest BCUT2D eigenvalue weighted by molar-refractivity contribution is 5.45. The molecule has 1 aliphatic rings. The molecule has 15 heavy (non-hydrogen) atoms. The molecule has 0 radical (unpaired) electrons. The Morgan fingerprint density at radius 2 is 2.47 bits per heavy atom. The molecule has 4 nitrogen and oxygen atoms in total. The summed E-state index contributed by atoms with van der Waals surface area (Å²) < 4.78 is 0. The number of anilines is 1. The molecule has 0 saturated carbocycles. The van der Waals surface area contributed by atoms with E-state index >= 15 is 0 Å². The summed E-state index contributed by atoms with van der Waals surface area (Å²) in [7, 11) is 0. The van der Waals surface area contributed by atoms with E-state index in [1.165, 1.54) is 0 Å². The second-order valence-corrected chi connectivity index (χ2v) is 3.86. The van der Waals surface area contributed by atoms with Crippen LogP contribution in [0.3, 0.4) is 0 Å². The molecule has 4 heteroatoms. The Bertz CT molecular complexity index is 382. The Morgan fingerprint density at radius 3 is 3.20 bits per heavy atom. The molecule has 0 aliphatic carbocycles. The van der Waals surface area contributed by atoms with Crippen molar-refractivity contribution in [3.63, 3.8) is 0 Å². The number of piperidine rings is 1. The molecular weight excluding hydrogens is 188 g/mol. The second-order valence-electron chi connectivity index (χ2n) is 3.86. The van der Waals surface area contributed by atoms with Crippen LogP contribution >= 0.6 is 0 Å². The molecule has 1 unspecified atom stereocenters. The van der Waals surface area contributed by atoms with Crippen molar-refractivity contribution in [1.82, 2.24) is 4.98 Å². The number of hydrogen-bond acceptors (Lipinski definition) is 4. The number of nitrogens with two attached hydrogens (primary N) is 1. The summed E-state index contributed by atoms with van der Waals surface area (Å²) in [5.74, 6) is 0.865. The third kappa shape index (κ3) is 2.25. The molecule has 0 amide bonds. The first-order valence-electron chi connectivity index (χ1n) is 5.16. The molecule has 0 bridgehead atoms. The Labute approximate surface area is 89.3 Å². The molecule has 0 aromatic carbocycles. The zero-order chi connectivity index (χ0) is 10.7. The molecule has 78 valence electrons. The van der Waals surface area contributed by atoms with Crippen molar-refractivity contribution in [1.29, 1.82) is 5.26 Å². The molecular formula is C11H14N4. The van der Waals surface area contributed by atoms with Crippen LogP contribution in [-0.4, -0.2) is 24.1 Å². The summed E-state index contributed by atoms with van der Waals surface area (Å²) in [6, 6.07) is 5.88. The molecule has 1 aromatic heterocycles. The van der Waals surface area contributed by atoms with Crippen LogP contribution in [0.4, 0.5) is 5.82 Å². The van der Waals surface area contributed by atoms with Crippen LogP contribution in [0.2, 0.25) is 0 Å². The molecule has 0 spiro atoms. The van der Waals surface area contributed by atoms with Gasteiger partial charge in [0.15, 0.2) is 0 Å². The van der Waals surface area contributed by atoms with Crippen LogP contribution in [0.5, 0.6) is 0 Å². The molecule has 1 fully saturated rings. The number of pyridine rings is 1. The lowest BCUT2D eigenvalue weighted by Crippen LogP contribution is -2.43. The molecule has 1 aromatic rings. The largest absolute Gasteiger partial charge is 0.355 e. The first-order chi connectivity index (χ1) is 7.29. The van der Waals surface area contributed by atoms with E-state index in [0.29, 0.717) is 5.56 Å². The van der Waals surface area contributed by atoms with Crippen molar-refractivity contribution in [2.24, 2.45) is 5.73 Å². The van der Waals surface area contributed by atoms with Crippen LogP contribution in [0.1, 0.15) is 18.4 Å². The van der Waals surface area contributed by atoms with E-state index in [0.717, 1.165) is 31.7 Å². The summed E-state index contributed by atoms with van der Waals surface area (Å²) in [6.07, 6.45) is 3.85. The summed E-state index contributed by atoms with van der Waals surface area (Å²) in [6.45, 7) is 1.82. The second kappa shape index (κ2) is 4.28. The third-order valence-electron chi connectivity index (χ3n) is 2.66. The number of nitriles is 1. The Balaban J connectivity index is 2.18. The normalized spacial score (nSPS) is 21.1. The van der Waals surface area contributed by atoms with Gasteiger partial charge in [0.25, 0.3) is 0 Å². The van der Waals surface area contributed by atoms with Crippen LogP contribution in [0.25, 0.3) is 0 Å². The monoisotopic (exact) mass is 202 g/mol. The Kier molecular flexibility index (Phi) is 2.84.